The van der Waals surface area contributed by atoms with Crippen molar-refractivity contribution in [2.45, 2.75) is 37.8 Å². The van der Waals surface area contributed by atoms with Crippen LogP contribution in [0.1, 0.15) is 37.7 Å². The molecule has 1 aliphatic carbocycles. The number of anilines is 1. The molecule has 1 heterocycles. The van der Waals surface area contributed by atoms with Gasteiger partial charge in [-0.1, -0.05) is 30.3 Å². The predicted octanol–water partition coefficient (Wildman–Crippen LogP) is 5.08. The molecule has 8 heteroatoms. The van der Waals surface area contributed by atoms with Crippen molar-refractivity contribution in [3.8, 4) is 11.5 Å². The highest BCUT2D eigenvalue weighted by molar-refractivity contribution is 8.16. The van der Waals surface area contributed by atoms with Crippen molar-refractivity contribution >= 4 is 34.1 Å². The van der Waals surface area contributed by atoms with E-state index in [0.717, 1.165) is 25.7 Å². The Kier molecular flexibility index (Phi) is 6.79. The summed E-state index contributed by atoms with van der Waals surface area (Å²) in [5.41, 5.74) is 1.48. The van der Waals surface area contributed by atoms with Crippen molar-refractivity contribution in [3.05, 3.63) is 53.8 Å². The summed E-state index contributed by atoms with van der Waals surface area (Å²) in [6.45, 7) is 0. The highest BCUT2D eigenvalue weighted by Crippen LogP contribution is 2.38. The van der Waals surface area contributed by atoms with Crippen molar-refractivity contribution in [1.29, 1.82) is 0 Å². The van der Waals surface area contributed by atoms with Crippen molar-refractivity contribution in [3.63, 3.8) is 0 Å². The lowest BCUT2D eigenvalue weighted by atomic mass is 9.90. The highest BCUT2D eigenvalue weighted by atomic mass is 32.2. The molecular weight excluding hydrogens is 429 g/mol. The average Bonchev–Trinajstić information content (AvgIpc) is 3.15. The van der Waals surface area contributed by atoms with Gasteiger partial charge in [0.2, 0.25) is 5.91 Å². The number of halogens is 1. The minimum absolute atomic E-state index is 0.156. The topological polar surface area (TPSA) is 72.3 Å². The van der Waals surface area contributed by atoms with Crippen LogP contribution in [-0.2, 0) is 4.79 Å². The number of thioether (sulfide) groups is 1. The van der Waals surface area contributed by atoms with E-state index in [9.17, 15) is 9.18 Å². The van der Waals surface area contributed by atoms with Crippen molar-refractivity contribution in [2.75, 3.05) is 25.3 Å². The number of nitrogens with one attached hydrogen (secondary N) is 1. The molecule has 6 nitrogen and oxygen atoms in total. The van der Waals surface area contributed by atoms with Gasteiger partial charge in [-0.15, -0.1) is 0 Å². The Morgan fingerprint density at radius 1 is 1.06 bits per heavy atom. The molecule has 1 aliphatic heterocycles. The second-order valence-electron chi connectivity index (χ2n) is 7.87. The normalized spacial score (nSPS) is 17.0. The number of carbonyl (C=O) groups excluding carboxylic acids is 1. The van der Waals surface area contributed by atoms with Crippen LogP contribution in [0.5, 0.6) is 11.5 Å². The first-order chi connectivity index (χ1) is 15.5. The number of benzene rings is 2. The summed E-state index contributed by atoms with van der Waals surface area (Å²) >= 11 is 1.33. The monoisotopic (exact) mass is 455 g/mol. The van der Waals surface area contributed by atoms with Crippen LogP contribution in [0.3, 0.4) is 0 Å². The summed E-state index contributed by atoms with van der Waals surface area (Å²) in [5, 5.41) is 3.57. The molecule has 4 rings (SSSR count). The van der Waals surface area contributed by atoms with Gasteiger partial charge in [-0.05, 0) is 37.8 Å². The number of ether oxygens (including phenoxy) is 2. The minimum Gasteiger partial charge on any atom is -0.497 e. The van der Waals surface area contributed by atoms with E-state index in [1.807, 2.05) is 6.07 Å². The molecule has 168 valence electrons. The molecule has 1 amide bonds. The Morgan fingerprint density at radius 3 is 2.44 bits per heavy atom. The molecule has 2 aliphatic rings. The predicted molar refractivity (Wildman–Crippen MR) is 127 cm³/mol. The van der Waals surface area contributed by atoms with Gasteiger partial charge in [-0.3, -0.25) is 9.79 Å². The molecule has 0 unspecified atom stereocenters. The van der Waals surface area contributed by atoms with Crippen LogP contribution < -0.4 is 14.8 Å². The first-order valence-corrected chi connectivity index (χ1v) is 11.6. The van der Waals surface area contributed by atoms with Gasteiger partial charge in [0.05, 0.1) is 25.7 Å². The summed E-state index contributed by atoms with van der Waals surface area (Å²) in [7, 11) is 3.12. The minimum atomic E-state index is -0.473. The molecule has 1 saturated carbocycles. The second-order valence-corrected chi connectivity index (χ2v) is 8.83. The first kappa shape index (κ1) is 22.3. The summed E-state index contributed by atoms with van der Waals surface area (Å²) in [6, 6.07) is 11.6. The molecule has 0 radical (unpaired) electrons. The van der Waals surface area contributed by atoms with E-state index in [1.54, 1.807) is 38.5 Å². The largest absolute Gasteiger partial charge is 0.497 e. The fourth-order valence-corrected chi connectivity index (χ4v) is 4.87. The van der Waals surface area contributed by atoms with Crippen molar-refractivity contribution in [1.82, 2.24) is 0 Å². The first-order valence-electron chi connectivity index (χ1n) is 10.6. The zero-order valence-corrected chi connectivity index (χ0v) is 19.0. The number of methoxy groups -OCH3 is 2. The maximum absolute atomic E-state index is 13.9. The van der Waals surface area contributed by atoms with Gasteiger partial charge >= 0.3 is 0 Å². The van der Waals surface area contributed by atoms with Crippen molar-refractivity contribution < 1.29 is 18.7 Å². The van der Waals surface area contributed by atoms with Crippen molar-refractivity contribution in [2.24, 2.45) is 9.98 Å². The van der Waals surface area contributed by atoms with Crippen LogP contribution in [0.25, 0.3) is 0 Å². The number of carbonyl (C=O) groups is 1. The van der Waals surface area contributed by atoms with Gasteiger partial charge in [0.1, 0.15) is 22.4 Å². The fourth-order valence-electron chi connectivity index (χ4n) is 4.00. The SMILES string of the molecule is COc1cc(NC(=O)CSC2=NC3(CCCCC3)N=C2c2cccc(F)c2)cc(OC)c1. The zero-order valence-electron chi connectivity index (χ0n) is 18.2. The molecule has 1 fully saturated rings. The molecule has 1 N–H and O–H groups in total. The molecular formula is C24H26FN3O3S. The standard InChI is InChI=1S/C24H26FN3O3S/c1-30-19-12-18(13-20(14-19)31-2)26-21(29)15-32-23-22(16-7-6-8-17(25)11-16)27-24(28-23)9-4-3-5-10-24/h6-8,11-14H,3-5,9-10,15H2,1-2H3,(H,26,29). The molecule has 0 atom stereocenters. The summed E-state index contributed by atoms with van der Waals surface area (Å²) in [5.74, 6) is 0.836. The maximum atomic E-state index is 13.9. The number of amides is 1. The van der Waals surface area contributed by atoms with Gasteiger partial charge in [0.25, 0.3) is 0 Å². The van der Waals surface area contributed by atoms with Crippen LogP contribution in [-0.4, -0.2) is 42.3 Å². The number of rotatable bonds is 6. The Bertz CT molecular complexity index is 1040. The van der Waals surface area contributed by atoms with E-state index in [0.29, 0.717) is 33.5 Å². The fraction of sp³-hybridized carbons (Fsp3) is 0.375. The quantitative estimate of drug-likeness (QED) is 0.660. The Morgan fingerprint density at radius 2 is 1.78 bits per heavy atom. The van der Waals surface area contributed by atoms with E-state index >= 15 is 0 Å². The Hall–Kier alpha value is -2.87. The van der Waals surface area contributed by atoms with Crippen LogP contribution in [0.15, 0.2) is 52.4 Å². The molecule has 1 spiro atoms. The summed E-state index contributed by atoms with van der Waals surface area (Å²) in [6.07, 6.45) is 5.08. The van der Waals surface area contributed by atoms with Crippen LogP contribution in [0.2, 0.25) is 0 Å². The van der Waals surface area contributed by atoms with E-state index in [2.05, 4.69) is 5.32 Å². The van der Waals surface area contributed by atoms with Gasteiger partial charge in [-0.2, -0.15) is 0 Å². The van der Waals surface area contributed by atoms with E-state index in [-0.39, 0.29) is 17.5 Å². The lowest BCUT2D eigenvalue weighted by Crippen LogP contribution is -2.25. The second kappa shape index (κ2) is 9.73. The molecule has 2 aromatic rings. The summed E-state index contributed by atoms with van der Waals surface area (Å²) in [4.78, 5) is 22.5. The summed E-state index contributed by atoms with van der Waals surface area (Å²) < 4.78 is 24.4. The maximum Gasteiger partial charge on any atom is 0.234 e. The molecule has 0 saturated heterocycles. The molecule has 2 aromatic carbocycles. The van der Waals surface area contributed by atoms with Gasteiger partial charge < -0.3 is 14.8 Å². The van der Waals surface area contributed by atoms with Crippen LogP contribution in [0.4, 0.5) is 10.1 Å². The van der Waals surface area contributed by atoms with Gasteiger partial charge in [0, 0.05) is 29.4 Å². The molecule has 0 bridgehead atoms. The number of hydrogen-bond acceptors (Lipinski definition) is 6. The van der Waals surface area contributed by atoms with E-state index in [4.69, 9.17) is 19.5 Å². The van der Waals surface area contributed by atoms with Crippen LogP contribution >= 0.6 is 11.8 Å². The van der Waals surface area contributed by atoms with E-state index < -0.39 is 5.66 Å². The van der Waals surface area contributed by atoms with E-state index in [1.165, 1.54) is 30.3 Å². The number of hydrogen-bond donors (Lipinski definition) is 1. The molecule has 0 aromatic heterocycles. The molecule has 32 heavy (non-hydrogen) atoms. The lowest BCUT2D eigenvalue weighted by Gasteiger charge is -2.27. The average molecular weight is 456 g/mol. The third-order valence-electron chi connectivity index (χ3n) is 5.56. The third-order valence-corrected chi connectivity index (χ3v) is 6.52. The van der Waals surface area contributed by atoms with Crippen LogP contribution in [0, 0.1) is 5.82 Å². The zero-order chi connectivity index (χ0) is 22.6. The highest BCUT2D eigenvalue weighted by Gasteiger charge is 2.38. The smallest absolute Gasteiger partial charge is 0.234 e. The Labute approximate surface area is 191 Å². The Balaban J connectivity index is 1.50. The van der Waals surface area contributed by atoms with Gasteiger partial charge in [0.15, 0.2) is 5.66 Å². The number of nitrogens with zero attached hydrogens (tertiary/aromatic N) is 2. The third kappa shape index (κ3) is 5.12. The van der Waals surface area contributed by atoms with Gasteiger partial charge in [-0.25, -0.2) is 9.38 Å². The lowest BCUT2D eigenvalue weighted by molar-refractivity contribution is -0.113. The number of aliphatic imine (C=N–C) groups is 2.